The number of likely N-dealkylation sites (tertiary alicyclic amines) is 1. The van der Waals surface area contributed by atoms with Crippen LogP contribution in [0.5, 0.6) is 0 Å². The first-order valence-electron chi connectivity index (χ1n) is 8.02. The first-order valence-corrected chi connectivity index (χ1v) is 8.81. The Morgan fingerprint density at radius 1 is 1.24 bits per heavy atom. The van der Waals surface area contributed by atoms with Crippen molar-refractivity contribution >= 4 is 34.0 Å². The van der Waals surface area contributed by atoms with Crippen molar-refractivity contribution in [1.29, 1.82) is 0 Å². The Morgan fingerprint density at radius 3 is 2.80 bits per heavy atom. The van der Waals surface area contributed by atoms with E-state index >= 15 is 0 Å². The highest BCUT2D eigenvalue weighted by Crippen LogP contribution is 2.27. The molecule has 1 unspecified atom stereocenters. The molecule has 1 saturated heterocycles. The number of benzene rings is 2. The van der Waals surface area contributed by atoms with Gasteiger partial charge in [-0.25, -0.2) is 5.43 Å². The SMILES string of the molecule is O=C(CN1CC(c2ccccc2)CC1=O)NN=Cc1cccc(Br)c1. The lowest BCUT2D eigenvalue weighted by molar-refractivity contribution is -0.133. The largest absolute Gasteiger partial charge is 0.333 e. The predicted octanol–water partition coefficient (Wildman–Crippen LogP) is 2.92. The molecule has 1 aliphatic heterocycles. The topological polar surface area (TPSA) is 61.8 Å². The van der Waals surface area contributed by atoms with Crippen molar-refractivity contribution in [2.45, 2.75) is 12.3 Å². The summed E-state index contributed by atoms with van der Waals surface area (Å²) in [6.45, 7) is 0.587. The van der Waals surface area contributed by atoms with Crippen molar-refractivity contribution < 1.29 is 9.59 Å². The second kappa shape index (κ2) is 8.07. The molecule has 5 nitrogen and oxygen atoms in total. The minimum absolute atomic E-state index is 0.0000254. The summed E-state index contributed by atoms with van der Waals surface area (Å²) in [5.74, 6) is -0.153. The first-order chi connectivity index (χ1) is 12.1. The minimum atomic E-state index is -0.298. The molecule has 0 aliphatic carbocycles. The highest BCUT2D eigenvalue weighted by atomic mass is 79.9. The third kappa shape index (κ3) is 4.76. The van der Waals surface area contributed by atoms with Gasteiger partial charge in [0.1, 0.15) is 6.54 Å². The maximum absolute atomic E-state index is 12.1. The minimum Gasteiger partial charge on any atom is -0.333 e. The molecule has 3 rings (SSSR count). The van der Waals surface area contributed by atoms with E-state index in [-0.39, 0.29) is 24.3 Å². The number of halogens is 1. The number of amides is 2. The molecule has 0 radical (unpaired) electrons. The molecule has 128 valence electrons. The Bertz CT molecular complexity index is 792. The van der Waals surface area contributed by atoms with Crippen LogP contribution in [0.4, 0.5) is 0 Å². The Kier molecular flexibility index (Phi) is 5.60. The van der Waals surface area contributed by atoms with Crippen molar-refractivity contribution in [2.75, 3.05) is 13.1 Å². The number of hydrogen-bond acceptors (Lipinski definition) is 3. The van der Waals surface area contributed by atoms with E-state index < -0.39 is 0 Å². The molecule has 6 heteroatoms. The van der Waals surface area contributed by atoms with Gasteiger partial charge >= 0.3 is 0 Å². The molecular formula is C19H18BrN3O2. The highest BCUT2D eigenvalue weighted by Gasteiger charge is 2.31. The summed E-state index contributed by atoms with van der Waals surface area (Å²) >= 11 is 3.38. The summed E-state index contributed by atoms with van der Waals surface area (Å²) in [7, 11) is 0. The van der Waals surface area contributed by atoms with Gasteiger partial charge in [-0.05, 0) is 23.3 Å². The fraction of sp³-hybridized carbons (Fsp3) is 0.211. The van der Waals surface area contributed by atoms with Crippen LogP contribution in [0, 0.1) is 0 Å². The smallest absolute Gasteiger partial charge is 0.259 e. The molecule has 1 N–H and O–H groups in total. The van der Waals surface area contributed by atoms with Crippen LogP contribution < -0.4 is 5.43 Å². The Morgan fingerprint density at radius 2 is 2.04 bits per heavy atom. The van der Waals surface area contributed by atoms with Gasteiger partial charge in [0.2, 0.25) is 5.91 Å². The average Bonchev–Trinajstić information content (AvgIpc) is 2.96. The van der Waals surface area contributed by atoms with E-state index in [4.69, 9.17) is 0 Å². The molecule has 2 aromatic carbocycles. The van der Waals surface area contributed by atoms with Gasteiger partial charge in [-0.15, -0.1) is 0 Å². The quantitative estimate of drug-likeness (QED) is 0.620. The lowest BCUT2D eigenvalue weighted by atomic mass is 9.99. The summed E-state index contributed by atoms with van der Waals surface area (Å²) in [5.41, 5.74) is 4.48. The molecule has 25 heavy (non-hydrogen) atoms. The number of rotatable bonds is 5. The molecule has 1 aliphatic rings. The predicted molar refractivity (Wildman–Crippen MR) is 100 cm³/mol. The molecule has 1 heterocycles. The van der Waals surface area contributed by atoms with E-state index in [9.17, 15) is 9.59 Å². The van der Waals surface area contributed by atoms with Crippen LogP contribution in [0.25, 0.3) is 0 Å². The number of carbonyl (C=O) groups is 2. The summed E-state index contributed by atoms with van der Waals surface area (Å²) in [6, 6.07) is 17.5. The van der Waals surface area contributed by atoms with E-state index in [1.165, 1.54) is 0 Å². The summed E-state index contributed by atoms with van der Waals surface area (Å²) in [5, 5.41) is 3.94. The second-order valence-corrected chi connectivity index (χ2v) is 6.85. The molecule has 1 fully saturated rings. The van der Waals surface area contributed by atoms with E-state index in [1.54, 1.807) is 11.1 Å². The van der Waals surface area contributed by atoms with Crippen LogP contribution in [0.15, 0.2) is 64.2 Å². The summed E-state index contributed by atoms with van der Waals surface area (Å²) in [4.78, 5) is 25.7. The molecule has 0 aromatic heterocycles. The highest BCUT2D eigenvalue weighted by molar-refractivity contribution is 9.10. The van der Waals surface area contributed by atoms with Gasteiger partial charge in [-0.1, -0.05) is 58.4 Å². The summed E-state index contributed by atoms with van der Waals surface area (Å²) < 4.78 is 0.942. The van der Waals surface area contributed by atoms with Gasteiger partial charge in [0.15, 0.2) is 0 Å². The molecule has 0 bridgehead atoms. The standard InChI is InChI=1S/C19H18BrN3O2/c20-17-8-4-5-14(9-17)11-21-22-18(24)13-23-12-16(10-19(23)25)15-6-2-1-3-7-15/h1-9,11,16H,10,12-13H2,(H,22,24). The van der Waals surface area contributed by atoms with Crippen LogP contribution in [0.3, 0.4) is 0 Å². The van der Waals surface area contributed by atoms with Crippen molar-refractivity contribution in [3.05, 3.63) is 70.2 Å². The van der Waals surface area contributed by atoms with Gasteiger partial charge in [0.25, 0.3) is 5.91 Å². The maximum Gasteiger partial charge on any atom is 0.259 e. The third-order valence-corrected chi connectivity index (χ3v) is 4.56. The molecule has 2 aromatic rings. The fourth-order valence-corrected chi connectivity index (χ4v) is 3.26. The van der Waals surface area contributed by atoms with Crippen LogP contribution in [0.1, 0.15) is 23.5 Å². The van der Waals surface area contributed by atoms with Gasteiger partial charge in [-0.2, -0.15) is 5.10 Å². The monoisotopic (exact) mass is 399 g/mol. The van der Waals surface area contributed by atoms with Crippen molar-refractivity contribution in [3.8, 4) is 0 Å². The Labute approximate surface area is 154 Å². The van der Waals surface area contributed by atoms with E-state index in [0.717, 1.165) is 15.6 Å². The third-order valence-electron chi connectivity index (χ3n) is 4.07. The number of hydrogen-bond donors (Lipinski definition) is 1. The average molecular weight is 400 g/mol. The molecule has 2 amide bonds. The van der Waals surface area contributed by atoms with E-state index in [2.05, 4.69) is 26.5 Å². The Balaban J connectivity index is 1.52. The molecular weight excluding hydrogens is 382 g/mol. The zero-order valence-electron chi connectivity index (χ0n) is 13.6. The molecule has 0 spiro atoms. The van der Waals surface area contributed by atoms with Gasteiger partial charge < -0.3 is 4.90 Å². The first kappa shape index (κ1) is 17.4. The lowest BCUT2D eigenvalue weighted by Gasteiger charge is -2.15. The Hall–Kier alpha value is -2.47. The van der Waals surface area contributed by atoms with E-state index in [0.29, 0.717) is 13.0 Å². The van der Waals surface area contributed by atoms with Crippen molar-refractivity contribution in [1.82, 2.24) is 10.3 Å². The van der Waals surface area contributed by atoms with Crippen LogP contribution in [0.2, 0.25) is 0 Å². The van der Waals surface area contributed by atoms with Crippen LogP contribution in [-0.4, -0.2) is 36.0 Å². The van der Waals surface area contributed by atoms with Crippen molar-refractivity contribution in [3.63, 3.8) is 0 Å². The number of nitrogens with one attached hydrogen (secondary N) is 1. The fourth-order valence-electron chi connectivity index (χ4n) is 2.85. The molecule has 1 atom stereocenters. The van der Waals surface area contributed by atoms with Crippen LogP contribution in [-0.2, 0) is 9.59 Å². The van der Waals surface area contributed by atoms with Gasteiger partial charge in [0.05, 0.1) is 6.21 Å². The zero-order valence-corrected chi connectivity index (χ0v) is 15.1. The van der Waals surface area contributed by atoms with Crippen molar-refractivity contribution in [2.24, 2.45) is 5.10 Å². The number of carbonyl (C=O) groups excluding carboxylic acids is 2. The zero-order chi connectivity index (χ0) is 17.6. The van der Waals surface area contributed by atoms with Crippen LogP contribution >= 0.6 is 15.9 Å². The van der Waals surface area contributed by atoms with E-state index in [1.807, 2.05) is 54.6 Å². The number of hydrazone groups is 1. The molecule has 0 saturated carbocycles. The van der Waals surface area contributed by atoms with Gasteiger partial charge in [0, 0.05) is 23.4 Å². The lowest BCUT2D eigenvalue weighted by Crippen LogP contribution is -2.36. The normalized spacial score (nSPS) is 17.2. The maximum atomic E-state index is 12.1. The number of nitrogens with zero attached hydrogens (tertiary/aromatic N) is 2. The van der Waals surface area contributed by atoms with Gasteiger partial charge in [-0.3, -0.25) is 9.59 Å². The summed E-state index contributed by atoms with van der Waals surface area (Å²) in [6.07, 6.45) is 2.01. The second-order valence-electron chi connectivity index (χ2n) is 5.93.